The Labute approximate surface area is 361 Å². The number of rotatable bonds is 5. The van der Waals surface area contributed by atoms with Crippen LogP contribution in [-0.4, -0.2) is 7.28 Å². The molecule has 0 amide bonds. The Hall–Kier alpha value is -7.18. The molecule has 10 aromatic carbocycles. The minimum Gasteiger partial charge on any atom is -0.355 e. The zero-order valence-electron chi connectivity index (χ0n) is 32.9. The molecule has 3 heterocycles. The molecule has 0 spiro atoms. The lowest BCUT2D eigenvalue weighted by Crippen LogP contribution is -2.41. The highest BCUT2D eigenvalue weighted by atomic mass is 32.1. The number of anilines is 5. The van der Waals surface area contributed by atoms with Crippen LogP contribution in [0, 0.1) is 0 Å². The first kappa shape index (κ1) is 34.7. The maximum absolute atomic E-state index is 3.91. The van der Waals surface area contributed by atoms with E-state index in [1.165, 1.54) is 101 Å². The van der Waals surface area contributed by atoms with Crippen LogP contribution in [0.3, 0.4) is 0 Å². The zero-order chi connectivity index (χ0) is 40.0. The minimum absolute atomic E-state index is 1.05. The van der Waals surface area contributed by atoms with Crippen molar-refractivity contribution in [3.8, 4) is 22.3 Å². The highest BCUT2D eigenvalue weighted by Gasteiger charge is 2.31. The molecule has 283 valence electrons. The smallest absolute Gasteiger partial charge is 0.197 e. The molecule has 0 saturated heterocycles. The van der Waals surface area contributed by atoms with Crippen molar-refractivity contribution in [2.45, 2.75) is 0 Å². The van der Waals surface area contributed by atoms with Gasteiger partial charge in [0.05, 0.1) is 0 Å². The van der Waals surface area contributed by atoms with Gasteiger partial charge in [-0.15, -0.1) is 22.7 Å². The quantitative estimate of drug-likeness (QED) is 0.174. The lowest BCUT2D eigenvalue weighted by molar-refractivity contribution is 1.32. The number of nitrogens with zero attached hydrogens (tertiary/aromatic N) is 1. The Kier molecular flexibility index (Phi) is 7.78. The second-order valence-corrected chi connectivity index (χ2v) is 18.2. The topological polar surface area (TPSA) is 15.3 Å². The predicted molar refractivity (Wildman–Crippen MR) is 268 cm³/mol. The van der Waals surface area contributed by atoms with Crippen LogP contribution in [0.4, 0.5) is 28.4 Å². The molecule has 0 saturated carbocycles. The zero-order valence-corrected chi connectivity index (χ0v) is 34.5. The number of fused-ring (bicyclic) bond motifs is 11. The Morgan fingerprint density at radius 3 is 1.77 bits per heavy atom. The van der Waals surface area contributed by atoms with Crippen molar-refractivity contribution < 1.29 is 0 Å². The first-order valence-electron chi connectivity index (χ1n) is 20.7. The van der Waals surface area contributed by atoms with Crippen LogP contribution < -0.4 is 21.1 Å². The van der Waals surface area contributed by atoms with Gasteiger partial charge in [0.25, 0.3) is 0 Å². The maximum atomic E-state index is 3.91. The monoisotopic (exact) mass is 809 g/mol. The van der Waals surface area contributed by atoms with Crippen LogP contribution in [0.2, 0.25) is 0 Å². The highest BCUT2D eigenvalue weighted by Crippen LogP contribution is 2.47. The summed E-state index contributed by atoms with van der Waals surface area (Å²) in [7, 11) is 2.46. The van der Waals surface area contributed by atoms with Gasteiger partial charge in [-0.25, -0.2) is 0 Å². The van der Waals surface area contributed by atoms with Gasteiger partial charge in [0, 0.05) is 74.3 Å². The summed E-state index contributed by atoms with van der Waals surface area (Å²) in [5.41, 5.74) is 12.9. The standard InChI is InChI=1S/C56H34BN2S2/c1-2-12-34(13-3-1)35-22-24-39(25-23-35)58-49-30-37-15-5-4-14-36(37)28-45(49)47-29-38-16-6-7-17-41(38)56-55(47)57-48-32-46-43-19-9-11-21-52(43)61-54(46)33-50(48)59(56)40-26-27-44-42-18-8-10-20-51(42)60-53(44)31-40/h1-33,58H. The SMILES string of the molecule is [B]1c2cc3c(cc2N(c2ccc4c(c2)sc2ccccc24)c2c1c(-c1cc4ccccc4cc1Nc1ccc(-c4ccccc4)cc1)cc1ccccc21)sc1ccccc13. The molecule has 0 atom stereocenters. The second kappa shape index (κ2) is 13.7. The molecule has 2 aromatic heterocycles. The first-order chi connectivity index (χ1) is 30.2. The molecule has 2 nitrogen and oxygen atoms in total. The third-order valence-corrected chi connectivity index (χ3v) is 14.7. The molecule has 0 fully saturated rings. The summed E-state index contributed by atoms with van der Waals surface area (Å²) in [6.07, 6.45) is 0. The van der Waals surface area contributed by atoms with E-state index in [9.17, 15) is 0 Å². The molecule has 0 bridgehead atoms. The van der Waals surface area contributed by atoms with Crippen LogP contribution in [0.25, 0.3) is 84.1 Å². The van der Waals surface area contributed by atoms with E-state index in [4.69, 9.17) is 0 Å². The molecule has 0 aliphatic carbocycles. The Balaban J connectivity index is 1.07. The Morgan fingerprint density at radius 2 is 1.00 bits per heavy atom. The molecular formula is C56H34BN2S2. The van der Waals surface area contributed by atoms with E-state index in [1.54, 1.807) is 0 Å². The van der Waals surface area contributed by atoms with Crippen molar-refractivity contribution in [1.82, 2.24) is 0 Å². The molecule has 0 unspecified atom stereocenters. The van der Waals surface area contributed by atoms with E-state index in [0.29, 0.717) is 0 Å². The van der Waals surface area contributed by atoms with Crippen LogP contribution >= 0.6 is 22.7 Å². The summed E-state index contributed by atoms with van der Waals surface area (Å²) < 4.78 is 5.21. The minimum atomic E-state index is 1.05. The molecule has 1 aliphatic heterocycles. The average molecular weight is 810 g/mol. The van der Waals surface area contributed by atoms with Crippen molar-refractivity contribution in [2.75, 3.05) is 10.2 Å². The van der Waals surface area contributed by atoms with E-state index in [0.717, 1.165) is 22.6 Å². The van der Waals surface area contributed by atoms with Gasteiger partial charge < -0.3 is 10.2 Å². The highest BCUT2D eigenvalue weighted by molar-refractivity contribution is 7.26. The van der Waals surface area contributed by atoms with Crippen molar-refractivity contribution >= 4 is 131 Å². The van der Waals surface area contributed by atoms with Crippen molar-refractivity contribution in [3.63, 3.8) is 0 Å². The van der Waals surface area contributed by atoms with Crippen molar-refractivity contribution in [2.24, 2.45) is 0 Å². The molecule has 5 heteroatoms. The molecule has 1 aliphatic rings. The first-order valence-corrected chi connectivity index (χ1v) is 22.4. The average Bonchev–Trinajstić information content (AvgIpc) is 3.87. The third kappa shape index (κ3) is 5.62. The fraction of sp³-hybridized carbons (Fsp3) is 0. The number of thiophene rings is 2. The van der Waals surface area contributed by atoms with Gasteiger partial charge in [-0.05, 0) is 104 Å². The summed E-state index contributed by atoms with van der Waals surface area (Å²) in [5, 5.41) is 14.0. The Morgan fingerprint density at radius 1 is 0.410 bits per heavy atom. The van der Waals surface area contributed by atoms with Crippen molar-refractivity contribution in [1.29, 1.82) is 0 Å². The van der Waals surface area contributed by atoms with E-state index < -0.39 is 0 Å². The summed E-state index contributed by atoms with van der Waals surface area (Å²) in [6, 6.07) is 73.7. The fourth-order valence-electron chi connectivity index (χ4n) is 9.54. The van der Waals surface area contributed by atoms with E-state index in [2.05, 4.69) is 218 Å². The number of benzene rings is 10. The van der Waals surface area contributed by atoms with E-state index in [-0.39, 0.29) is 0 Å². The number of hydrogen-bond donors (Lipinski definition) is 1. The van der Waals surface area contributed by atoms with Gasteiger partial charge >= 0.3 is 0 Å². The van der Waals surface area contributed by atoms with Crippen LogP contribution in [0.1, 0.15) is 0 Å². The van der Waals surface area contributed by atoms with Gasteiger partial charge in [-0.1, -0.05) is 145 Å². The van der Waals surface area contributed by atoms with Crippen LogP contribution in [0.5, 0.6) is 0 Å². The maximum Gasteiger partial charge on any atom is 0.197 e. The third-order valence-electron chi connectivity index (χ3n) is 12.4. The largest absolute Gasteiger partial charge is 0.355 e. The van der Waals surface area contributed by atoms with Gasteiger partial charge in [-0.3, -0.25) is 0 Å². The normalized spacial score (nSPS) is 12.4. The van der Waals surface area contributed by atoms with Gasteiger partial charge in [0.2, 0.25) is 0 Å². The number of nitrogens with one attached hydrogen (secondary N) is 1. The molecule has 12 aromatic rings. The lowest BCUT2D eigenvalue weighted by Gasteiger charge is -2.36. The fourth-order valence-corrected chi connectivity index (χ4v) is 11.8. The van der Waals surface area contributed by atoms with Gasteiger partial charge in [0.15, 0.2) is 7.28 Å². The summed E-state index contributed by atoms with van der Waals surface area (Å²) in [6.45, 7) is 0. The van der Waals surface area contributed by atoms with E-state index >= 15 is 0 Å². The molecule has 1 radical (unpaired) electrons. The van der Waals surface area contributed by atoms with Crippen LogP contribution in [-0.2, 0) is 0 Å². The van der Waals surface area contributed by atoms with Gasteiger partial charge in [0.1, 0.15) is 0 Å². The molecule has 1 N–H and O–H groups in total. The van der Waals surface area contributed by atoms with E-state index in [1.807, 2.05) is 22.7 Å². The molecular weight excluding hydrogens is 776 g/mol. The molecule has 61 heavy (non-hydrogen) atoms. The number of hydrogen-bond acceptors (Lipinski definition) is 4. The van der Waals surface area contributed by atoms with Gasteiger partial charge in [-0.2, -0.15) is 0 Å². The predicted octanol–water partition coefficient (Wildman–Crippen LogP) is 15.2. The summed E-state index contributed by atoms with van der Waals surface area (Å²) in [5.74, 6) is 0. The second-order valence-electron chi connectivity index (χ2n) is 16.0. The summed E-state index contributed by atoms with van der Waals surface area (Å²) >= 11 is 3.75. The molecule has 13 rings (SSSR count). The Bertz CT molecular complexity index is 3720. The summed E-state index contributed by atoms with van der Waals surface area (Å²) in [4.78, 5) is 2.56. The van der Waals surface area contributed by atoms with Crippen molar-refractivity contribution in [3.05, 3.63) is 200 Å². The lowest BCUT2D eigenvalue weighted by atomic mass is 9.57. The van der Waals surface area contributed by atoms with Crippen LogP contribution in [0.15, 0.2) is 200 Å².